The van der Waals surface area contributed by atoms with Gasteiger partial charge in [0.15, 0.2) is 6.61 Å². The Labute approximate surface area is 143 Å². The van der Waals surface area contributed by atoms with E-state index in [1.807, 2.05) is 0 Å². The number of benzene rings is 1. The summed E-state index contributed by atoms with van der Waals surface area (Å²) in [5, 5.41) is 2.44. The molecular formula is C15H12BrF3N2O3. The maximum absolute atomic E-state index is 12.3. The molecule has 1 heterocycles. The first-order chi connectivity index (χ1) is 11.2. The van der Waals surface area contributed by atoms with Crippen molar-refractivity contribution in [1.29, 1.82) is 0 Å². The van der Waals surface area contributed by atoms with E-state index in [4.69, 9.17) is 0 Å². The number of amides is 1. The van der Waals surface area contributed by atoms with Crippen molar-refractivity contribution >= 4 is 27.5 Å². The van der Waals surface area contributed by atoms with Crippen molar-refractivity contribution in [3.63, 3.8) is 0 Å². The van der Waals surface area contributed by atoms with E-state index < -0.39 is 18.7 Å². The molecule has 0 fully saturated rings. The van der Waals surface area contributed by atoms with Crippen LogP contribution in [0.4, 0.5) is 18.9 Å². The lowest BCUT2D eigenvalue weighted by molar-refractivity contribution is -0.153. The molecule has 0 aliphatic carbocycles. The monoisotopic (exact) mass is 404 g/mol. The minimum absolute atomic E-state index is 0.0924. The standard InChI is InChI=1S/C15H12BrF3N2O3/c16-10-5-6-14(23)21(7-10)8-13(22)20-11-3-1-2-4-12(11)24-9-15(17,18)19/h1-7H,8-9H2,(H,20,22). The van der Waals surface area contributed by atoms with Gasteiger partial charge in [0.1, 0.15) is 12.3 Å². The average molecular weight is 405 g/mol. The van der Waals surface area contributed by atoms with Gasteiger partial charge >= 0.3 is 6.18 Å². The maximum Gasteiger partial charge on any atom is 0.422 e. The molecular weight excluding hydrogens is 393 g/mol. The first kappa shape index (κ1) is 18.1. The smallest absolute Gasteiger partial charge is 0.422 e. The fourth-order valence-corrected chi connectivity index (χ4v) is 2.20. The highest BCUT2D eigenvalue weighted by molar-refractivity contribution is 9.10. The molecule has 0 saturated carbocycles. The van der Waals surface area contributed by atoms with Crippen LogP contribution >= 0.6 is 15.9 Å². The summed E-state index contributed by atoms with van der Waals surface area (Å²) >= 11 is 3.19. The molecule has 1 N–H and O–H groups in total. The largest absolute Gasteiger partial charge is 0.482 e. The second kappa shape index (κ2) is 7.52. The maximum atomic E-state index is 12.3. The summed E-state index contributed by atoms with van der Waals surface area (Å²) < 4.78 is 43.2. The summed E-state index contributed by atoms with van der Waals surface area (Å²) in [6.45, 7) is -1.75. The third kappa shape index (κ3) is 5.41. The molecule has 5 nitrogen and oxygen atoms in total. The molecule has 1 aromatic heterocycles. The van der Waals surface area contributed by atoms with Crippen molar-refractivity contribution in [2.45, 2.75) is 12.7 Å². The molecule has 0 saturated heterocycles. The number of pyridine rings is 1. The quantitative estimate of drug-likeness (QED) is 0.832. The van der Waals surface area contributed by atoms with Crippen molar-refractivity contribution in [2.24, 2.45) is 0 Å². The number of carbonyl (C=O) groups excluding carboxylic acids is 1. The molecule has 24 heavy (non-hydrogen) atoms. The highest BCUT2D eigenvalue weighted by Gasteiger charge is 2.28. The van der Waals surface area contributed by atoms with E-state index in [1.54, 1.807) is 6.07 Å². The lowest BCUT2D eigenvalue weighted by atomic mass is 10.3. The summed E-state index contributed by atoms with van der Waals surface area (Å²) in [5.74, 6) is -0.678. The van der Waals surface area contributed by atoms with Gasteiger partial charge in [0.05, 0.1) is 5.69 Å². The van der Waals surface area contributed by atoms with E-state index in [-0.39, 0.29) is 23.5 Å². The van der Waals surface area contributed by atoms with Crippen molar-refractivity contribution < 1.29 is 22.7 Å². The number of alkyl halides is 3. The number of anilines is 1. The Bertz CT molecular complexity index is 790. The van der Waals surface area contributed by atoms with E-state index in [9.17, 15) is 22.8 Å². The molecule has 9 heteroatoms. The topological polar surface area (TPSA) is 60.3 Å². The van der Waals surface area contributed by atoms with Crippen LogP contribution in [-0.4, -0.2) is 23.3 Å². The molecule has 0 unspecified atom stereocenters. The SMILES string of the molecule is O=C(Cn1cc(Br)ccc1=O)Nc1ccccc1OCC(F)(F)F. The number of halogens is 4. The van der Waals surface area contributed by atoms with Crippen molar-refractivity contribution in [3.8, 4) is 5.75 Å². The molecule has 0 aliphatic rings. The third-order valence-corrected chi connectivity index (χ3v) is 3.28. The summed E-state index contributed by atoms with van der Waals surface area (Å²) in [7, 11) is 0. The van der Waals surface area contributed by atoms with Crippen LogP contribution in [0.15, 0.2) is 51.9 Å². The molecule has 2 aromatic rings. The van der Waals surface area contributed by atoms with Crippen molar-refractivity contribution in [3.05, 3.63) is 57.4 Å². The molecule has 128 valence electrons. The van der Waals surface area contributed by atoms with Gasteiger partial charge in [-0.15, -0.1) is 0 Å². The summed E-state index contributed by atoms with van der Waals surface area (Å²) in [6.07, 6.45) is -3.05. The number of hydrogen-bond acceptors (Lipinski definition) is 3. The Morgan fingerprint density at radius 3 is 2.62 bits per heavy atom. The van der Waals surface area contributed by atoms with Gasteiger partial charge in [-0.1, -0.05) is 12.1 Å². The average Bonchev–Trinajstić information content (AvgIpc) is 2.49. The molecule has 2 rings (SSSR count). The summed E-state index contributed by atoms with van der Waals surface area (Å²) in [5.41, 5.74) is -0.287. The number of nitrogens with one attached hydrogen (secondary N) is 1. The first-order valence-electron chi connectivity index (χ1n) is 6.69. The predicted octanol–water partition coefficient (Wildman–Crippen LogP) is 3.19. The Balaban J connectivity index is 2.09. The zero-order chi connectivity index (χ0) is 17.7. The second-order valence-corrected chi connectivity index (χ2v) is 5.68. The van der Waals surface area contributed by atoms with Gasteiger partial charge in [-0.2, -0.15) is 13.2 Å². The van der Waals surface area contributed by atoms with E-state index in [2.05, 4.69) is 26.0 Å². The minimum Gasteiger partial charge on any atom is -0.482 e. The molecule has 1 aromatic carbocycles. The summed E-state index contributed by atoms with van der Waals surface area (Å²) in [4.78, 5) is 23.7. The van der Waals surface area contributed by atoms with Crippen LogP contribution in [0, 0.1) is 0 Å². The molecule has 1 amide bonds. The van der Waals surface area contributed by atoms with Crippen LogP contribution in [-0.2, 0) is 11.3 Å². The van der Waals surface area contributed by atoms with Gasteiger partial charge < -0.3 is 14.6 Å². The lowest BCUT2D eigenvalue weighted by Gasteiger charge is -2.14. The van der Waals surface area contributed by atoms with Gasteiger partial charge in [-0.05, 0) is 34.1 Å². The lowest BCUT2D eigenvalue weighted by Crippen LogP contribution is -2.27. The van der Waals surface area contributed by atoms with Crippen LogP contribution in [0.2, 0.25) is 0 Å². The minimum atomic E-state index is -4.49. The number of para-hydroxylation sites is 2. The van der Waals surface area contributed by atoms with Crippen molar-refractivity contribution in [1.82, 2.24) is 4.57 Å². The predicted molar refractivity (Wildman–Crippen MR) is 85.0 cm³/mol. The van der Waals surface area contributed by atoms with E-state index in [1.165, 1.54) is 41.1 Å². The van der Waals surface area contributed by atoms with Gasteiger partial charge in [-0.25, -0.2) is 0 Å². The number of hydrogen-bond donors (Lipinski definition) is 1. The molecule has 0 radical (unpaired) electrons. The molecule has 0 atom stereocenters. The van der Waals surface area contributed by atoms with Gasteiger partial charge in [-0.3, -0.25) is 9.59 Å². The molecule has 0 aliphatic heterocycles. The van der Waals surface area contributed by atoms with Gasteiger partial charge in [0, 0.05) is 16.7 Å². The number of aromatic nitrogens is 1. The van der Waals surface area contributed by atoms with Crippen LogP contribution < -0.4 is 15.6 Å². The van der Waals surface area contributed by atoms with Gasteiger partial charge in [0.25, 0.3) is 5.56 Å². The fourth-order valence-electron chi connectivity index (χ4n) is 1.83. The fraction of sp³-hybridized carbons (Fsp3) is 0.200. The second-order valence-electron chi connectivity index (χ2n) is 4.76. The van der Waals surface area contributed by atoms with E-state index >= 15 is 0 Å². The normalized spacial score (nSPS) is 11.2. The number of rotatable bonds is 5. The number of carbonyl (C=O) groups is 1. The zero-order valence-corrected chi connectivity index (χ0v) is 13.7. The first-order valence-corrected chi connectivity index (χ1v) is 7.48. The highest BCUT2D eigenvalue weighted by atomic mass is 79.9. The van der Waals surface area contributed by atoms with Crippen LogP contribution in [0.1, 0.15) is 0 Å². The Morgan fingerprint density at radius 2 is 1.92 bits per heavy atom. The Kier molecular flexibility index (Phi) is 5.66. The number of nitrogens with zero attached hydrogens (tertiary/aromatic N) is 1. The van der Waals surface area contributed by atoms with Crippen molar-refractivity contribution in [2.75, 3.05) is 11.9 Å². The third-order valence-electron chi connectivity index (χ3n) is 2.81. The number of ether oxygens (including phenoxy) is 1. The zero-order valence-electron chi connectivity index (χ0n) is 12.1. The summed E-state index contributed by atoms with van der Waals surface area (Å²) in [6, 6.07) is 8.58. The van der Waals surface area contributed by atoms with E-state index in [0.717, 1.165) is 0 Å². The van der Waals surface area contributed by atoms with Crippen LogP contribution in [0.25, 0.3) is 0 Å². The van der Waals surface area contributed by atoms with E-state index in [0.29, 0.717) is 4.47 Å². The van der Waals surface area contributed by atoms with Gasteiger partial charge in [0.2, 0.25) is 5.91 Å². The highest BCUT2D eigenvalue weighted by Crippen LogP contribution is 2.26. The Hall–Kier alpha value is -2.29. The Morgan fingerprint density at radius 1 is 1.21 bits per heavy atom. The molecule has 0 spiro atoms. The van der Waals surface area contributed by atoms with Crippen LogP contribution in [0.5, 0.6) is 5.75 Å². The van der Waals surface area contributed by atoms with Crippen LogP contribution in [0.3, 0.4) is 0 Å². The molecule has 0 bridgehead atoms.